The van der Waals surface area contributed by atoms with Gasteiger partial charge in [-0.15, -0.1) is 0 Å². The molecule has 18 heavy (non-hydrogen) atoms. The van der Waals surface area contributed by atoms with Crippen molar-refractivity contribution in [2.45, 2.75) is 32.4 Å². The van der Waals surface area contributed by atoms with Crippen molar-refractivity contribution in [3.63, 3.8) is 0 Å². The standard InChI is InChI=1S/C13H18N2O3/c1-9(2)15-12(11(17-4)7-14-15)13(3,16)10-5-6-18-8-10/h5-9,16H,1-4H3. The average molecular weight is 250 g/mol. The maximum atomic E-state index is 10.8. The topological polar surface area (TPSA) is 60.4 Å². The SMILES string of the molecule is COc1cnn(C(C)C)c1C(C)(O)c1ccoc1. The van der Waals surface area contributed by atoms with Crippen LogP contribution in [0, 0.1) is 0 Å². The summed E-state index contributed by atoms with van der Waals surface area (Å²) >= 11 is 0. The third-order valence-corrected chi connectivity index (χ3v) is 3.02. The van der Waals surface area contributed by atoms with E-state index in [1.807, 2.05) is 13.8 Å². The maximum absolute atomic E-state index is 10.8. The van der Waals surface area contributed by atoms with Crippen LogP contribution in [0.4, 0.5) is 0 Å². The molecule has 1 atom stereocenters. The summed E-state index contributed by atoms with van der Waals surface area (Å²) in [4.78, 5) is 0. The van der Waals surface area contributed by atoms with E-state index in [9.17, 15) is 5.11 Å². The summed E-state index contributed by atoms with van der Waals surface area (Å²) in [7, 11) is 1.57. The van der Waals surface area contributed by atoms with Crippen LogP contribution in [0.15, 0.2) is 29.2 Å². The van der Waals surface area contributed by atoms with Gasteiger partial charge in [0.1, 0.15) is 11.3 Å². The number of methoxy groups -OCH3 is 1. The third-order valence-electron chi connectivity index (χ3n) is 3.02. The summed E-state index contributed by atoms with van der Waals surface area (Å²) in [5, 5.41) is 15.0. The second kappa shape index (κ2) is 4.49. The van der Waals surface area contributed by atoms with E-state index in [1.54, 1.807) is 31.0 Å². The van der Waals surface area contributed by atoms with E-state index in [1.165, 1.54) is 12.5 Å². The predicted molar refractivity (Wildman–Crippen MR) is 66.5 cm³/mol. The van der Waals surface area contributed by atoms with E-state index in [-0.39, 0.29) is 6.04 Å². The van der Waals surface area contributed by atoms with Crippen LogP contribution in [0.25, 0.3) is 0 Å². The number of hydrogen-bond donors (Lipinski definition) is 1. The fraction of sp³-hybridized carbons (Fsp3) is 0.462. The van der Waals surface area contributed by atoms with Crippen LogP contribution in [0.3, 0.4) is 0 Å². The first-order valence-corrected chi connectivity index (χ1v) is 5.85. The first kappa shape index (κ1) is 12.7. The molecular weight excluding hydrogens is 232 g/mol. The minimum atomic E-state index is -1.21. The number of furan rings is 1. The molecule has 98 valence electrons. The molecule has 0 aromatic carbocycles. The average Bonchev–Trinajstić information content (AvgIpc) is 2.98. The van der Waals surface area contributed by atoms with Crippen molar-refractivity contribution in [2.24, 2.45) is 0 Å². The van der Waals surface area contributed by atoms with Crippen LogP contribution in [-0.4, -0.2) is 22.0 Å². The van der Waals surface area contributed by atoms with Crippen LogP contribution < -0.4 is 4.74 Å². The molecule has 0 saturated heterocycles. The molecular formula is C13H18N2O3. The Hall–Kier alpha value is -1.75. The number of rotatable bonds is 4. The number of nitrogens with zero attached hydrogens (tertiary/aromatic N) is 2. The highest BCUT2D eigenvalue weighted by atomic mass is 16.5. The first-order chi connectivity index (χ1) is 8.48. The van der Waals surface area contributed by atoms with Crippen LogP contribution in [-0.2, 0) is 5.60 Å². The minimum absolute atomic E-state index is 0.127. The van der Waals surface area contributed by atoms with Gasteiger partial charge in [-0.05, 0) is 26.8 Å². The summed E-state index contributed by atoms with van der Waals surface area (Å²) in [6, 6.07) is 1.86. The Morgan fingerprint density at radius 2 is 2.22 bits per heavy atom. The number of aromatic nitrogens is 2. The molecule has 0 radical (unpaired) electrons. The third kappa shape index (κ3) is 1.90. The largest absolute Gasteiger partial charge is 0.493 e. The molecule has 2 heterocycles. The summed E-state index contributed by atoms with van der Waals surface area (Å²) in [5.41, 5.74) is 0.0867. The van der Waals surface area contributed by atoms with Crippen LogP contribution >= 0.6 is 0 Å². The van der Waals surface area contributed by atoms with Gasteiger partial charge in [-0.2, -0.15) is 5.10 Å². The molecule has 0 aliphatic rings. The fourth-order valence-corrected chi connectivity index (χ4v) is 2.03. The molecule has 5 nitrogen and oxygen atoms in total. The zero-order valence-electron chi connectivity index (χ0n) is 11.0. The van der Waals surface area contributed by atoms with Gasteiger partial charge in [0.05, 0.1) is 25.8 Å². The number of ether oxygens (including phenoxy) is 1. The zero-order chi connectivity index (χ0) is 13.3. The van der Waals surface area contributed by atoms with Gasteiger partial charge in [-0.3, -0.25) is 4.68 Å². The Labute approximate surface area is 106 Å². The van der Waals surface area contributed by atoms with E-state index in [0.29, 0.717) is 17.0 Å². The van der Waals surface area contributed by atoms with Gasteiger partial charge in [-0.1, -0.05) is 0 Å². The van der Waals surface area contributed by atoms with Crippen molar-refractivity contribution < 1.29 is 14.3 Å². The number of aliphatic hydroxyl groups is 1. The molecule has 5 heteroatoms. The minimum Gasteiger partial charge on any atom is -0.493 e. The second-order valence-corrected chi connectivity index (χ2v) is 4.68. The Bertz CT molecular complexity index is 512. The quantitative estimate of drug-likeness (QED) is 0.904. The molecule has 0 aliphatic carbocycles. The summed E-state index contributed by atoms with van der Waals surface area (Å²) < 4.78 is 12.1. The molecule has 1 N–H and O–H groups in total. The fourth-order valence-electron chi connectivity index (χ4n) is 2.03. The molecule has 0 fully saturated rings. The Kier molecular flexibility index (Phi) is 3.17. The first-order valence-electron chi connectivity index (χ1n) is 5.85. The van der Waals surface area contributed by atoms with Crippen molar-refractivity contribution in [2.75, 3.05) is 7.11 Å². The Morgan fingerprint density at radius 1 is 1.50 bits per heavy atom. The van der Waals surface area contributed by atoms with E-state index in [4.69, 9.17) is 9.15 Å². The summed E-state index contributed by atoms with van der Waals surface area (Å²) in [5.74, 6) is 0.565. The van der Waals surface area contributed by atoms with Crippen molar-refractivity contribution in [3.05, 3.63) is 36.0 Å². The van der Waals surface area contributed by atoms with E-state index in [2.05, 4.69) is 5.10 Å². The highest BCUT2D eigenvalue weighted by Crippen LogP contribution is 2.36. The van der Waals surface area contributed by atoms with Gasteiger partial charge < -0.3 is 14.3 Å². The lowest BCUT2D eigenvalue weighted by molar-refractivity contribution is 0.0861. The van der Waals surface area contributed by atoms with Crippen LogP contribution in [0.1, 0.15) is 38.1 Å². The summed E-state index contributed by atoms with van der Waals surface area (Å²) in [6.07, 6.45) is 4.67. The normalized spacial score (nSPS) is 14.8. The molecule has 1 unspecified atom stereocenters. The maximum Gasteiger partial charge on any atom is 0.163 e. The highest BCUT2D eigenvalue weighted by Gasteiger charge is 2.35. The van der Waals surface area contributed by atoms with Crippen molar-refractivity contribution in [1.29, 1.82) is 0 Å². The summed E-state index contributed by atoms with van der Waals surface area (Å²) in [6.45, 7) is 5.71. The van der Waals surface area contributed by atoms with Crippen molar-refractivity contribution >= 4 is 0 Å². The van der Waals surface area contributed by atoms with Crippen LogP contribution in [0.5, 0.6) is 5.75 Å². The van der Waals surface area contributed by atoms with Crippen LogP contribution in [0.2, 0.25) is 0 Å². The smallest absolute Gasteiger partial charge is 0.163 e. The zero-order valence-corrected chi connectivity index (χ0v) is 11.0. The van der Waals surface area contributed by atoms with Crippen molar-refractivity contribution in [3.8, 4) is 5.75 Å². The van der Waals surface area contributed by atoms with Gasteiger partial charge in [0.15, 0.2) is 5.75 Å². The number of hydrogen-bond acceptors (Lipinski definition) is 4. The van der Waals surface area contributed by atoms with Gasteiger partial charge in [-0.25, -0.2) is 0 Å². The molecule has 2 aromatic heterocycles. The molecule has 0 amide bonds. The van der Waals surface area contributed by atoms with E-state index in [0.717, 1.165) is 0 Å². The van der Waals surface area contributed by atoms with Gasteiger partial charge >= 0.3 is 0 Å². The lowest BCUT2D eigenvalue weighted by Gasteiger charge is -2.25. The van der Waals surface area contributed by atoms with Gasteiger partial charge in [0, 0.05) is 11.6 Å². The predicted octanol–water partition coefficient (Wildman–Crippen LogP) is 2.32. The Balaban J connectivity index is 2.58. The van der Waals surface area contributed by atoms with Crippen molar-refractivity contribution in [1.82, 2.24) is 9.78 Å². The highest BCUT2D eigenvalue weighted by molar-refractivity contribution is 5.38. The van der Waals surface area contributed by atoms with Gasteiger partial charge in [0.2, 0.25) is 0 Å². The molecule has 0 saturated carbocycles. The molecule has 0 spiro atoms. The molecule has 2 aromatic rings. The Morgan fingerprint density at radius 3 is 2.72 bits per heavy atom. The second-order valence-electron chi connectivity index (χ2n) is 4.68. The molecule has 2 rings (SSSR count). The molecule has 0 bridgehead atoms. The monoisotopic (exact) mass is 250 g/mol. The van der Waals surface area contributed by atoms with E-state index < -0.39 is 5.60 Å². The molecule has 0 aliphatic heterocycles. The van der Waals surface area contributed by atoms with E-state index >= 15 is 0 Å². The lowest BCUT2D eigenvalue weighted by Crippen LogP contribution is -2.27. The van der Waals surface area contributed by atoms with Gasteiger partial charge in [0.25, 0.3) is 0 Å². The lowest BCUT2D eigenvalue weighted by atomic mass is 9.94.